The Kier molecular flexibility index (Phi) is 4.70. The first-order valence-corrected chi connectivity index (χ1v) is 6.35. The molecule has 2 N–H and O–H groups in total. The second-order valence-electron chi connectivity index (χ2n) is 5.69. The summed E-state index contributed by atoms with van der Waals surface area (Å²) in [6.07, 6.45) is -0.108. The molecule has 0 heterocycles. The fourth-order valence-electron chi connectivity index (χ4n) is 1.82. The summed E-state index contributed by atoms with van der Waals surface area (Å²) in [6, 6.07) is 7.37. The van der Waals surface area contributed by atoms with E-state index in [0.29, 0.717) is 11.5 Å². The van der Waals surface area contributed by atoms with Crippen molar-refractivity contribution >= 4 is 11.9 Å². The van der Waals surface area contributed by atoms with Gasteiger partial charge in [-0.05, 0) is 37.5 Å². The number of carbonyl (C=O) groups is 2. The van der Waals surface area contributed by atoms with Crippen molar-refractivity contribution in [2.45, 2.75) is 45.6 Å². The van der Waals surface area contributed by atoms with Crippen molar-refractivity contribution in [2.75, 3.05) is 0 Å². The Bertz CT molecular complexity index is 461. The van der Waals surface area contributed by atoms with E-state index in [9.17, 15) is 9.59 Å². The second kappa shape index (κ2) is 5.87. The summed E-state index contributed by atoms with van der Waals surface area (Å²) >= 11 is 0. The van der Waals surface area contributed by atoms with E-state index < -0.39 is 11.5 Å². The molecule has 104 valence electrons. The Morgan fingerprint density at radius 1 is 1.21 bits per heavy atom. The zero-order valence-electron chi connectivity index (χ0n) is 11.9. The van der Waals surface area contributed by atoms with Crippen LogP contribution >= 0.6 is 0 Å². The molecular weight excluding hydrogens is 242 g/mol. The summed E-state index contributed by atoms with van der Waals surface area (Å²) in [5, 5.41) is 11.5. The summed E-state index contributed by atoms with van der Waals surface area (Å²) in [6.45, 7) is 7.57. The topological polar surface area (TPSA) is 66.4 Å². The molecule has 0 saturated heterocycles. The number of nitrogens with one attached hydrogen (secondary N) is 1. The molecule has 0 aromatic heterocycles. The molecule has 19 heavy (non-hydrogen) atoms. The van der Waals surface area contributed by atoms with Crippen LogP contribution < -0.4 is 5.32 Å². The number of carboxylic acid groups (broad SMARTS) is 1. The summed E-state index contributed by atoms with van der Waals surface area (Å²) < 4.78 is 0. The molecule has 1 rings (SSSR count). The van der Waals surface area contributed by atoms with Gasteiger partial charge in [0.1, 0.15) is 0 Å². The van der Waals surface area contributed by atoms with Gasteiger partial charge < -0.3 is 10.4 Å². The first-order chi connectivity index (χ1) is 8.71. The van der Waals surface area contributed by atoms with E-state index in [0.717, 1.165) is 0 Å². The third-order valence-corrected chi connectivity index (χ3v) is 2.88. The van der Waals surface area contributed by atoms with Gasteiger partial charge in [0.15, 0.2) is 0 Å². The zero-order valence-corrected chi connectivity index (χ0v) is 11.9. The molecule has 0 aliphatic heterocycles. The standard InChI is InChI=1S/C15H21NO3/c1-10(2)11-5-7-12(8-6-11)14(19)16-15(3,4)9-13(17)18/h5-8,10H,9H2,1-4H3,(H,16,19)(H,17,18). The molecule has 0 aliphatic carbocycles. The van der Waals surface area contributed by atoms with E-state index in [4.69, 9.17) is 5.11 Å². The highest BCUT2D eigenvalue weighted by Crippen LogP contribution is 2.16. The predicted octanol–water partition coefficient (Wildman–Crippen LogP) is 2.79. The van der Waals surface area contributed by atoms with Crippen LogP contribution in [0.2, 0.25) is 0 Å². The number of aliphatic carboxylic acids is 1. The highest BCUT2D eigenvalue weighted by molar-refractivity contribution is 5.95. The van der Waals surface area contributed by atoms with Crippen molar-refractivity contribution in [3.63, 3.8) is 0 Å². The molecule has 0 atom stereocenters. The van der Waals surface area contributed by atoms with Gasteiger partial charge in [0.25, 0.3) is 5.91 Å². The minimum atomic E-state index is -0.930. The maximum absolute atomic E-state index is 12.0. The number of amides is 1. The van der Waals surface area contributed by atoms with Gasteiger partial charge in [0, 0.05) is 11.1 Å². The number of benzene rings is 1. The van der Waals surface area contributed by atoms with Crippen molar-refractivity contribution in [1.82, 2.24) is 5.32 Å². The Morgan fingerprint density at radius 3 is 2.16 bits per heavy atom. The lowest BCUT2D eigenvalue weighted by Gasteiger charge is -2.24. The SMILES string of the molecule is CC(C)c1ccc(C(=O)NC(C)(C)CC(=O)O)cc1. The van der Waals surface area contributed by atoms with Crippen molar-refractivity contribution in [3.05, 3.63) is 35.4 Å². The van der Waals surface area contributed by atoms with E-state index in [1.54, 1.807) is 26.0 Å². The van der Waals surface area contributed by atoms with Crippen LogP contribution in [0.3, 0.4) is 0 Å². The Balaban J connectivity index is 2.75. The summed E-state index contributed by atoms with van der Waals surface area (Å²) in [7, 11) is 0. The van der Waals surface area contributed by atoms with Gasteiger partial charge in [-0.15, -0.1) is 0 Å². The smallest absolute Gasteiger partial charge is 0.305 e. The van der Waals surface area contributed by atoms with E-state index in [1.165, 1.54) is 5.56 Å². The molecule has 1 aromatic rings. The molecule has 0 unspecified atom stereocenters. The second-order valence-corrected chi connectivity index (χ2v) is 5.69. The first kappa shape index (κ1) is 15.2. The molecule has 1 amide bonds. The summed E-state index contributed by atoms with van der Waals surface area (Å²) in [5.74, 6) is -0.762. The molecule has 0 fully saturated rings. The average Bonchev–Trinajstić information content (AvgIpc) is 2.26. The van der Waals surface area contributed by atoms with Gasteiger partial charge in [-0.2, -0.15) is 0 Å². The highest BCUT2D eigenvalue weighted by Gasteiger charge is 2.24. The lowest BCUT2D eigenvalue weighted by atomic mass is 9.99. The van der Waals surface area contributed by atoms with Crippen molar-refractivity contribution in [1.29, 1.82) is 0 Å². The molecular formula is C15H21NO3. The van der Waals surface area contributed by atoms with E-state index >= 15 is 0 Å². The number of hydrogen-bond acceptors (Lipinski definition) is 2. The fraction of sp³-hybridized carbons (Fsp3) is 0.467. The molecule has 0 bridgehead atoms. The third-order valence-electron chi connectivity index (χ3n) is 2.88. The Hall–Kier alpha value is -1.84. The largest absolute Gasteiger partial charge is 0.481 e. The lowest BCUT2D eigenvalue weighted by molar-refractivity contribution is -0.138. The van der Waals surface area contributed by atoms with Crippen LogP contribution in [-0.2, 0) is 4.79 Å². The summed E-state index contributed by atoms with van der Waals surface area (Å²) in [4.78, 5) is 22.7. The normalized spacial score (nSPS) is 11.4. The minimum absolute atomic E-state index is 0.108. The summed E-state index contributed by atoms with van der Waals surface area (Å²) in [5.41, 5.74) is 0.948. The van der Waals surface area contributed by atoms with Crippen molar-refractivity contribution in [3.8, 4) is 0 Å². The lowest BCUT2D eigenvalue weighted by Crippen LogP contribution is -2.44. The molecule has 0 radical (unpaired) electrons. The van der Waals surface area contributed by atoms with Gasteiger partial charge in [0.2, 0.25) is 0 Å². The molecule has 4 nitrogen and oxygen atoms in total. The molecule has 1 aromatic carbocycles. The van der Waals surface area contributed by atoms with Gasteiger partial charge in [-0.25, -0.2) is 0 Å². The quantitative estimate of drug-likeness (QED) is 0.858. The Labute approximate surface area is 113 Å². The van der Waals surface area contributed by atoms with Crippen LogP contribution in [0, 0.1) is 0 Å². The van der Waals surface area contributed by atoms with Crippen LogP contribution in [0.15, 0.2) is 24.3 Å². The number of carbonyl (C=O) groups excluding carboxylic acids is 1. The molecule has 0 saturated carbocycles. The van der Waals surface area contributed by atoms with Crippen LogP contribution in [-0.4, -0.2) is 22.5 Å². The minimum Gasteiger partial charge on any atom is -0.481 e. The number of rotatable bonds is 5. The third kappa shape index (κ3) is 4.73. The number of carboxylic acids is 1. The van der Waals surface area contributed by atoms with Gasteiger partial charge in [-0.1, -0.05) is 26.0 Å². The Morgan fingerprint density at radius 2 is 1.74 bits per heavy atom. The van der Waals surface area contributed by atoms with E-state index in [2.05, 4.69) is 19.2 Å². The highest BCUT2D eigenvalue weighted by atomic mass is 16.4. The molecule has 4 heteroatoms. The maximum atomic E-state index is 12.0. The van der Waals surface area contributed by atoms with Gasteiger partial charge in [0.05, 0.1) is 6.42 Å². The van der Waals surface area contributed by atoms with Gasteiger partial charge in [-0.3, -0.25) is 9.59 Å². The predicted molar refractivity (Wildman–Crippen MR) is 74.3 cm³/mol. The van der Waals surface area contributed by atoms with Crippen LogP contribution in [0.1, 0.15) is 56.0 Å². The van der Waals surface area contributed by atoms with Crippen molar-refractivity contribution in [2.24, 2.45) is 0 Å². The zero-order chi connectivity index (χ0) is 14.6. The van der Waals surface area contributed by atoms with Crippen LogP contribution in [0.25, 0.3) is 0 Å². The van der Waals surface area contributed by atoms with E-state index in [-0.39, 0.29) is 12.3 Å². The van der Waals surface area contributed by atoms with Crippen LogP contribution in [0.5, 0.6) is 0 Å². The fourth-order valence-corrected chi connectivity index (χ4v) is 1.82. The van der Waals surface area contributed by atoms with Crippen molar-refractivity contribution < 1.29 is 14.7 Å². The maximum Gasteiger partial charge on any atom is 0.305 e. The monoisotopic (exact) mass is 263 g/mol. The van der Waals surface area contributed by atoms with E-state index in [1.807, 2.05) is 12.1 Å². The van der Waals surface area contributed by atoms with Gasteiger partial charge >= 0.3 is 5.97 Å². The van der Waals surface area contributed by atoms with Crippen LogP contribution in [0.4, 0.5) is 0 Å². The average molecular weight is 263 g/mol. The molecule has 0 spiro atoms. The number of hydrogen-bond donors (Lipinski definition) is 2. The first-order valence-electron chi connectivity index (χ1n) is 6.35. The molecule has 0 aliphatic rings.